The fourth-order valence-electron chi connectivity index (χ4n) is 2.51. The molecule has 0 atom stereocenters. The van der Waals surface area contributed by atoms with Crippen molar-refractivity contribution < 1.29 is 21.6 Å². The summed E-state index contributed by atoms with van der Waals surface area (Å²) in [5, 5.41) is 0. The van der Waals surface area contributed by atoms with Crippen molar-refractivity contribution in [3.8, 4) is 11.1 Å². The normalized spacial score (nSPS) is 12.3. The summed E-state index contributed by atoms with van der Waals surface area (Å²) in [7, 11) is -3.78. The van der Waals surface area contributed by atoms with Crippen molar-refractivity contribution in [3.05, 3.63) is 78.1 Å². The van der Waals surface area contributed by atoms with Crippen LogP contribution < -0.4 is 0 Å². The molecule has 3 rings (SSSR count). The minimum Gasteiger partial charge on any atom is -0.248 e. The topological polar surface area (TPSA) is 39.1 Å². The van der Waals surface area contributed by atoms with Crippen LogP contribution in [0.2, 0.25) is 0 Å². The summed E-state index contributed by atoms with van der Waals surface area (Å²) in [6.45, 7) is 1.68. The van der Waals surface area contributed by atoms with E-state index in [0.29, 0.717) is 16.7 Å². The van der Waals surface area contributed by atoms with Crippen LogP contribution in [0, 0.1) is 6.92 Å². The van der Waals surface area contributed by atoms with Gasteiger partial charge in [0.2, 0.25) is 0 Å². The molecule has 7 heteroatoms. The number of aromatic nitrogens is 1. The van der Waals surface area contributed by atoms with Gasteiger partial charge in [0.05, 0.1) is 10.5 Å². The highest BCUT2D eigenvalue weighted by Gasteiger charge is 2.31. The molecule has 0 fully saturated rings. The van der Waals surface area contributed by atoms with Gasteiger partial charge in [-0.05, 0) is 48.4 Å². The lowest BCUT2D eigenvalue weighted by Crippen LogP contribution is -2.10. The fourth-order valence-corrected chi connectivity index (χ4v) is 3.73. The molecule has 0 bridgehead atoms. The van der Waals surface area contributed by atoms with Gasteiger partial charge in [-0.1, -0.05) is 24.3 Å². The Labute approximate surface area is 143 Å². The third kappa shape index (κ3) is 3.32. The van der Waals surface area contributed by atoms with E-state index in [0.717, 1.165) is 16.1 Å². The molecule has 0 saturated heterocycles. The molecule has 3 aromatic rings. The van der Waals surface area contributed by atoms with Crippen LogP contribution in [0.3, 0.4) is 0 Å². The lowest BCUT2D eigenvalue weighted by Gasteiger charge is -2.10. The molecule has 0 spiro atoms. The number of aryl methyl sites for hydroxylation is 1. The first-order valence-electron chi connectivity index (χ1n) is 7.36. The smallest absolute Gasteiger partial charge is 0.248 e. The number of benzene rings is 2. The van der Waals surface area contributed by atoms with E-state index in [-0.39, 0.29) is 4.90 Å². The molecule has 0 aliphatic heterocycles. The van der Waals surface area contributed by atoms with Crippen LogP contribution in [0.5, 0.6) is 0 Å². The summed E-state index contributed by atoms with van der Waals surface area (Å²) in [6, 6.07) is 12.7. The maximum atomic E-state index is 12.9. The lowest BCUT2D eigenvalue weighted by atomic mass is 10.00. The molecule has 1 aromatic heterocycles. The minimum absolute atomic E-state index is 0.109. The number of halogens is 3. The van der Waals surface area contributed by atoms with Gasteiger partial charge in [-0.25, -0.2) is 12.4 Å². The molecule has 25 heavy (non-hydrogen) atoms. The monoisotopic (exact) mass is 365 g/mol. The third-order valence-electron chi connectivity index (χ3n) is 3.86. The summed E-state index contributed by atoms with van der Waals surface area (Å²) in [5.41, 5.74) is 0.606. The average molecular weight is 365 g/mol. The molecule has 0 N–H and O–H groups in total. The number of hydrogen-bond donors (Lipinski definition) is 0. The van der Waals surface area contributed by atoms with E-state index in [1.807, 2.05) is 0 Å². The average Bonchev–Trinajstić information content (AvgIpc) is 3.05. The maximum absolute atomic E-state index is 12.9. The van der Waals surface area contributed by atoms with E-state index in [4.69, 9.17) is 0 Å². The highest BCUT2D eigenvalue weighted by Crippen LogP contribution is 2.34. The molecule has 0 aliphatic carbocycles. The van der Waals surface area contributed by atoms with E-state index >= 15 is 0 Å². The third-order valence-corrected chi connectivity index (χ3v) is 5.51. The summed E-state index contributed by atoms with van der Waals surface area (Å²) in [4.78, 5) is 0.109. The Kier molecular flexibility index (Phi) is 4.20. The van der Waals surface area contributed by atoms with Crippen molar-refractivity contribution in [3.63, 3.8) is 0 Å². The van der Waals surface area contributed by atoms with E-state index in [1.54, 1.807) is 25.1 Å². The van der Waals surface area contributed by atoms with Crippen molar-refractivity contribution in [1.29, 1.82) is 0 Å². The number of alkyl halides is 3. The molecule has 0 amide bonds. The van der Waals surface area contributed by atoms with Crippen LogP contribution >= 0.6 is 0 Å². The Hall–Kier alpha value is -2.54. The van der Waals surface area contributed by atoms with Crippen LogP contribution in [0.1, 0.15) is 11.1 Å². The predicted octanol–water partition coefficient (Wildman–Crippen LogP) is 4.72. The quantitative estimate of drug-likeness (QED) is 0.674. The first-order valence-corrected chi connectivity index (χ1v) is 8.80. The van der Waals surface area contributed by atoms with E-state index in [2.05, 4.69) is 0 Å². The van der Waals surface area contributed by atoms with Crippen LogP contribution in [0.4, 0.5) is 13.2 Å². The number of hydrogen-bond acceptors (Lipinski definition) is 2. The second kappa shape index (κ2) is 6.07. The van der Waals surface area contributed by atoms with Crippen LogP contribution in [-0.4, -0.2) is 12.4 Å². The molecular formula is C18H14F3NO2S. The van der Waals surface area contributed by atoms with Crippen LogP contribution in [0.15, 0.2) is 71.9 Å². The summed E-state index contributed by atoms with van der Waals surface area (Å²) in [5.74, 6) is 0. The Balaban J connectivity index is 2.06. The molecule has 1 heterocycles. The molecule has 0 saturated carbocycles. The predicted molar refractivity (Wildman–Crippen MR) is 88.6 cm³/mol. The largest absolute Gasteiger partial charge is 0.416 e. The Morgan fingerprint density at radius 2 is 1.64 bits per heavy atom. The van der Waals surface area contributed by atoms with Gasteiger partial charge in [0.25, 0.3) is 10.0 Å². The maximum Gasteiger partial charge on any atom is 0.416 e. The van der Waals surface area contributed by atoms with Gasteiger partial charge in [0.1, 0.15) is 0 Å². The fraction of sp³-hybridized carbons (Fsp3) is 0.111. The first-order chi connectivity index (χ1) is 11.7. The summed E-state index contributed by atoms with van der Waals surface area (Å²) >= 11 is 0. The zero-order chi connectivity index (χ0) is 18.2. The zero-order valence-corrected chi connectivity index (χ0v) is 14.0. The van der Waals surface area contributed by atoms with Crippen LogP contribution in [-0.2, 0) is 16.2 Å². The van der Waals surface area contributed by atoms with Gasteiger partial charge >= 0.3 is 6.18 Å². The number of rotatable bonds is 3. The van der Waals surface area contributed by atoms with Gasteiger partial charge in [0, 0.05) is 18.0 Å². The van der Waals surface area contributed by atoms with Crippen LogP contribution in [0.25, 0.3) is 11.1 Å². The van der Waals surface area contributed by atoms with Gasteiger partial charge in [-0.3, -0.25) is 0 Å². The van der Waals surface area contributed by atoms with Crippen molar-refractivity contribution in [1.82, 2.24) is 3.97 Å². The van der Waals surface area contributed by atoms with Gasteiger partial charge in [-0.15, -0.1) is 0 Å². The molecule has 3 nitrogen and oxygen atoms in total. The first kappa shape index (κ1) is 17.3. The van der Waals surface area contributed by atoms with E-state index in [1.165, 1.54) is 36.7 Å². The molecule has 2 aromatic carbocycles. The van der Waals surface area contributed by atoms with Crippen molar-refractivity contribution in [2.45, 2.75) is 18.0 Å². The van der Waals surface area contributed by atoms with Crippen molar-refractivity contribution >= 4 is 10.0 Å². The summed E-state index contributed by atoms with van der Waals surface area (Å²) in [6.07, 6.45) is -1.80. The highest BCUT2D eigenvalue weighted by molar-refractivity contribution is 7.90. The Bertz CT molecular complexity index is 1010. The summed E-state index contributed by atoms with van der Waals surface area (Å²) < 4.78 is 64.9. The van der Waals surface area contributed by atoms with E-state index in [9.17, 15) is 21.6 Å². The molecule has 0 aliphatic rings. The molecular weight excluding hydrogens is 351 g/mol. The molecule has 0 unspecified atom stereocenters. The van der Waals surface area contributed by atoms with Gasteiger partial charge < -0.3 is 0 Å². The highest BCUT2D eigenvalue weighted by atomic mass is 32.2. The Morgan fingerprint density at radius 1 is 0.960 bits per heavy atom. The van der Waals surface area contributed by atoms with Crippen molar-refractivity contribution in [2.24, 2.45) is 0 Å². The second-order valence-corrected chi connectivity index (χ2v) is 7.42. The molecule has 130 valence electrons. The van der Waals surface area contributed by atoms with Crippen molar-refractivity contribution in [2.75, 3.05) is 0 Å². The second-order valence-electron chi connectivity index (χ2n) is 5.58. The lowest BCUT2D eigenvalue weighted by molar-refractivity contribution is -0.137. The van der Waals surface area contributed by atoms with E-state index < -0.39 is 21.8 Å². The minimum atomic E-state index is -4.46. The standard InChI is InChI=1S/C18H14F3NO2S/c1-13-7-8-15(18(19,20)21)11-17(13)14-9-10-22(12-14)25(23,24)16-5-3-2-4-6-16/h2-12H,1H3. The van der Waals surface area contributed by atoms with Gasteiger partial charge in [0.15, 0.2) is 0 Å². The van der Waals surface area contributed by atoms with Gasteiger partial charge in [-0.2, -0.15) is 13.2 Å². The molecule has 0 radical (unpaired) electrons. The Morgan fingerprint density at radius 3 is 2.28 bits per heavy atom. The number of nitrogens with zero attached hydrogens (tertiary/aromatic N) is 1. The SMILES string of the molecule is Cc1ccc(C(F)(F)F)cc1-c1ccn(S(=O)(=O)c2ccccc2)c1. The zero-order valence-electron chi connectivity index (χ0n) is 13.2.